The third kappa shape index (κ3) is 3.90. The third-order valence-corrected chi connectivity index (χ3v) is 2.17. The van der Waals surface area contributed by atoms with E-state index in [1.165, 1.54) is 0 Å². The van der Waals surface area contributed by atoms with Crippen LogP contribution >= 0.6 is 0 Å². The second-order valence-electron chi connectivity index (χ2n) is 4.30. The van der Waals surface area contributed by atoms with E-state index in [1.807, 2.05) is 34.6 Å². The van der Waals surface area contributed by atoms with Crippen LogP contribution in [0.2, 0.25) is 0 Å². The minimum atomic E-state index is -0.156. The molecule has 1 saturated heterocycles. The van der Waals surface area contributed by atoms with Crippen LogP contribution in [-0.2, 0) is 4.79 Å². The first kappa shape index (κ1) is 12.6. The molecule has 13 heavy (non-hydrogen) atoms. The fourth-order valence-electron chi connectivity index (χ4n) is 1.49. The van der Waals surface area contributed by atoms with Gasteiger partial charge in [0.1, 0.15) is 5.78 Å². The average Bonchev–Trinajstić information content (AvgIpc) is 2.57. The monoisotopic (exact) mass is 185 g/mol. The Morgan fingerprint density at radius 3 is 2.15 bits per heavy atom. The van der Waals surface area contributed by atoms with Crippen LogP contribution in [0.15, 0.2) is 0 Å². The van der Waals surface area contributed by atoms with Crippen molar-refractivity contribution >= 4 is 5.78 Å². The summed E-state index contributed by atoms with van der Waals surface area (Å²) in [5, 5.41) is 3.20. The zero-order valence-corrected chi connectivity index (χ0v) is 9.61. The molecule has 78 valence electrons. The molecule has 0 aromatic carbocycles. The molecule has 1 fully saturated rings. The topological polar surface area (TPSA) is 29.1 Å². The van der Waals surface area contributed by atoms with Crippen molar-refractivity contribution in [1.82, 2.24) is 5.32 Å². The van der Waals surface area contributed by atoms with E-state index in [0.717, 1.165) is 19.5 Å². The van der Waals surface area contributed by atoms with Crippen molar-refractivity contribution in [2.24, 2.45) is 11.3 Å². The predicted molar refractivity (Wildman–Crippen MR) is 56.8 cm³/mol. The summed E-state index contributed by atoms with van der Waals surface area (Å²) < 4.78 is 0. The second-order valence-corrected chi connectivity index (χ2v) is 4.30. The number of rotatable bonds is 1. The fraction of sp³-hybridized carbons (Fsp3) is 0.909. The maximum Gasteiger partial charge on any atom is 0.142 e. The molecule has 2 heteroatoms. The van der Waals surface area contributed by atoms with Crippen molar-refractivity contribution in [2.45, 2.75) is 41.0 Å². The van der Waals surface area contributed by atoms with Gasteiger partial charge in [0, 0.05) is 17.9 Å². The molecule has 0 radical (unpaired) electrons. The Hall–Kier alpha value is -0.370. The van der Waals surface area contributed by atoms with E-state index in [0.29, 0.717) is 5.78 Å². The Bertz CT molecular complexity index is 152. The Morgan fingerprint density at radius 2 is 1.85 bits per heavy atom. The number of Topliss-reactive ketones (excluding diaryl/α,β-unsaturated/α-hetero) is 1. The van der Waals surface area contributed by atoms with Crippen LogP contribution in [0.4, 0.5) is 0 Å². The highest BCUT2D eigenvalue weighted by molar-refractivity contribution is 5.86. The molecule has 1 unspecified atom stereocenters. The van der Waals surface area contributed by atoms with Gasteiger partial charge in [-0.25, -0.2) is 0 Å². The number of carbonyl (C=O) groups excluding carboxylic acids is 1. The molecule has 1 aliphatic heterocycles. The van der Waals surface area contributed by atoms with E-state index < -0.39 is 0 Å². The quantitative estimate of drug-likeness (QED) is 0.679. The molecular weight excluding hydrogens is 162 g/mol. The number of hydrogen-bond acceptors (Lipinski definition) is 2. The summed E-state index contributed by atoms with van der Waals surface area (Å²) in [4.78, 5) is 11.6. The van der Waals surface area contributed by atoms with E-state index in [2.05, 4.69) is 5.32 Å². The Morgan fingerprint density at radius 1 is 1.31 bits per heavy atom. The van der Waals surface area contributed by atoms with E-state index in [-0.39, 0.29) is 11.3 Å². The molecule has 0 amide bonds. The summed E-state index contributed by atoms with van der Waals surface area (Å²) in [6.07, 6.45) is 1.02. The van der Waals surface area contributed by atoms with Gasteiger partial charge in [0.15, 0.2) is 0 Å². The van der Waals surface area contributed by atoms with Crippen molar-refractivity contribution < 1.29 is 4.79 Å². The summed E-state index contributed by atoms with van der Waals surface area (Å²) >= 11 is 0. The number of hydrogen-bond donors (Lipinski definition) is 1. The molecule has 1 rings (SSSR count). The van der Waals surface area contributed by atoms with Crippen molar-refractivity contribution in [3.8, 4) is 0 Å². The first-order valence-corrected chi connectivity index (χ1v) is 5.27. The molecule has 0 spiro atoms. The van der Waals surface area contributed by atoms with Crippen LogP contribution in [0.3, 0.4) is 0 Å². The van der Waals surface area contributed by atoms with E-state index >= 15 is 0 Å². The Labute approximate surface area is 82.1 Å². The lowest BCUT2D eigenvalue weighted by molar-refractivity contribution is -0.129. The average molecular weight is 185 g/mol. The lowest BCUT2D eigenvalue weighted by atomic mass is 9.83. The molecule has 0 saturated carbocycles. The molecule has 1 N–H and O–H groups in total. The lowest BCUT2D eigenvalue weighted by Gasteiger charge is -2.20. The van der Waals surface area contributed by atoms with Gasteiger partial charge in [0.05, 0.1) is 0 Å². The molecule has 0 bridgehead atoms. The molecular formula is C11H23NO. The predicted octanol–water partition coefficient (Wildman–Crippen LogP) is 2.24. The third-order valence-electron chi connectivity index (χ3n) is 2.17. The Balaban J connectivity index is 0.000000671. The zero-order valence-electron chi connectivity index (χ0n) is 9.61. The summed E-state index contributed by atoms with van der Waals surface area (Å²) in [7, 11) is 0. The van der Waals surface area contributed by atoms with Gasteiger partial charge in [0.25, 0.3) is 0 Å². The van der Waals surface area contributed by atoms with Crippen molar-refractivity contribution in [3.05, 3.63) is 0 Å². The van der Waals surface area contributed by atoms with E-state index in [9.17, 15) is 4.79 Å². The normalized spacial score (nSPS) is 22.1. The molecule has 1 atom stereocenters. The number of ketones is 1. The standard InChI is InChI=1S/C9H17NO.C2H6/c1-9(2,3)8(11)7-4-5-10-6-7;1-2/h7,10H,4-6H2,1-3H3;1-2H3. The minimum absolute atomic E-state index is 0.156. The highest BCUT2D eigenvalue weighted by Gasteiger charge is 2.30. The molecule has 2 nitrogen and oxygen atoms in total. The molecule has 0 aromatic rings. The van der Waals surface area contributed by atoms with Crippen LogP contribution in [0.1, 0.15) is 41.0 Å². The van der Waals surface area contributed by atoms with Gasteiger partial charge in [-0.2, -0.15) is 0 Å². The van der Waals surface area contributed by atoms with Gasteiger partial charge < -0.3 is 5.32 Å². The maximum absolute atomic E-state index is 11.6. The molecule has 0 aliphatic carbocycles. The van der Waals surface area contributed by atoms with E-state index in [1.54, 1.807) is 0 Å². The lowest BCUT2D eigenvalue weighted by Crippen LogP contribution is -2.29. The van der Waals surface area contributed by atoms with E-state index in [4.69, 9.17) is 0 Å². The highest BCUT2D eigenvalue weighted by Crippen LogP contribution is 2.23. The minimum Gasteiger partial charge on any atom is -0.316 e. The van der Waals surface area contributed by atoms with Crippen LogP contribution in [0.25, 0.3) is 0 Å². The second kappa shape index (κ2) is 5.38. The van der Waals surface area contributed by atoms with Gasteiger partial charge in [-0.05, 0) is 13.0 Å². The summed E-state index contributed by atoms with van der Waals surface area (Å²) in [6.45, 7) is 11.9. The first-order chi connectivity index (χ1) is 6.02. The van der Waals surface area contributed by atoms with Crippen molar-refractivity contribution in [3.63, 3.8) is 0 Å². The smallest absolute Gasteiger partial charge is 0.142 e. The largest absolute Gasteiger partial charge is 0.316 e. The van der Waals surface area contributed by atoms with Gasteiger partial charge in [-0.15, -0.1) is 0 Å². The van der Waals surface area contributed by atoms with Gasteiger partial charge in [0.2, 0.25) is 0 Å². The first-order valence-electron chi connectivity index (χ1n) is 5.27. The summed E-state index contributed by atoms with van der Waals surface area (Å²) in [6, 6.07) is 0. The molecule has 1 heterocycles. The van der Waals surface area contributed by atoms with Crippen LogP contribution in [-0.4, -0.2) is 18.9 Å². The van der Waals surface area contributed by atoms with Crippen molar-refractivity contribution in [1.29, 1.82) is 0 Å². The van der Waals surface area contributed by atoms with Crippen molar-refractivity contribution in [2.75, 3.05) is 13.1 Å². The molecule has 0 aromatic heterocycles. The van der Waals surface area contributed by atoms with Gasteiger partial charge in [-0.1, -0.05) is 34.6 Å². The Kier molecular flexibility index (Phi) is 5.23. The SMILES string of the molecule is CC.CC(C)(C)C(=O)C1CCNC1. The van der Waals surface area contributed by atoms with Crippen LogP contribution in [0.5, 0.6) is 0 Å². The maximum atomic E-state index is 11.6. The fourth-order valence-corrected chi connectivity index (χ4v) is 1.49. The number of carbonyl (C=O) groups is 1. The highest BCUT2D eigenvalue weighted by atomic mass is 16.1. The number of nitrogens with one attached hydrogen (secondary N) is 1. The summed E-state index contributed by atoms with van der Waals surface area (Å²) in [5.41, 5.74) is -0.156. The zero-order chi connectivity index (χ0) is 10.5. The summed E-state index contributed by atoms with van der Waals surface area (Å²) in [5.74, 6) is 0.678. The van der Waals surface area contributed by atoms with Crippen LogP contribution < -0.4 is 5.32 Å². The molecule has 1 aliphatic rings. The van der Waals surface area contributed by atoms with Gasteiger partial charge in [-0.3, -0.25) is 4.79 Å². The van der Waals surface area contributed by atoms with Gasteiger partial charge >= 0.3 is 0 Å². The van der Waals surface area contributed by atoms with Crippen LogP contribution in [0, 0.1) is 11.3 Å².